The standard InChI is InChI=1S/C16H21NO4.ClH/c1-4-5-11-6-7-14(15(8-11)19-2)21-12-9-13(17-10-12)16(18)20-3;/h4,6-8,12-13,17H,1,5,9-10H2,2-3H3;1H. The van der Waals surface area contributed by atoms with Crippen molar-refractivity contribution >= 4 is 18.4 Å². The zero-order valence-electron chi connectivity index (χ0n) is 12.8. The summed E-state index contributed by atoms with van der Waals surface area (Å²) in [5, 5.41) is 3.09. The summed E-state index contributed by atoms with van der Waals surface area (Å²) < 4.78 is 16.0. The van der Waals surface area contributed by atoms with Crippen LogP contribution < -0.4 is 14.8 Å². The Morgan fingerprint density at radius 1 is 1.41 bits per heavy atom. The van der Waals surface area contributed by atoms with Crippen molar-refractivity contribution in [3.05, 3.63) is 36.4 Å². The quantitative estimate of drug-likeness (QED) is 0.641. The van der Waals surface area contributed by atoms with Crippen LogP contribution in [0.5, 0.6) is 11.5 Å². The number of methoxy groups -OCH3 is 2. The molecule has 1 aliphatic rings. The minimum atomic E-state index is -0.300. The lowest BCUT2D eigenvalue weighted by Gasteiger charge is -2.16. The van der Waals surface area contributed by atoms with Crippen molar-refractivity contribution in [1.82, 2.24) is 5.32 Å². The van der Waals surface area contributed by atoms with Gasteiger partial charge >= 0.3 is 5.97 Å². The summed E-state index contributed by atoms with van der Waals surface area (Å²) in [7, 11) is 3.00. The van der Waals surface area contributed by atoms with Gasteiger partial charge in [0.1, 0.15) is 12.1 Å². The Labute approximate surface area is 137 Å². The molecule has 2 atom stereocenters. The van der Waals surface area contributed by atoms with Gasteiger partial charge in [0.25, 0.3) is 0 Å². The molecule has 1 aromatic carbocycles. The number of nitrogens with one attached hydrogen (secondary N) is 1. The van der Waals surface area contributed by atoms with Crippen molar-refractivity contribution in [2.45, 2.75) is 25.0 Å². The zero-order valence-corrected chi connectivity index (χ0v) is 13.7. The summed E-state index contributed by atoms with van der Waals surface area (Å²) in [4.78, 5) is 11.5. The van der Waals surface area contributed by atoms with Gasteiger partial charge in [-0.05, 0) is 24.1 Å². The minimum absolute atomic E-state index is 0. The monoisotopic (exact) mass is 327 g/mol. The van der Waals surface area contributed by atoms with Crippen LogP contribution in [0.25, 0.3) is 0 Å². The molecular formula is C16H22ClNO4. The van der Waals surface area contributed by atoms with E-state index in [4.69, 9.17) is 14.2 Å². The molecule has 1 N–H and O–H groups in total. The van der Waals surface area contributed by atoms with Crippen molar-refractivity contribution in [2.75, 3.05) is 20.8 Å². The van der Waals surface area contributed by atoms with Crippen LogP contribution in [0.3, 0.4) is 0 Å². The van der Waals surface area contributed by atoms with E-state index in [1.807, 2.05) is 24.3 Å². The average molecular weight is 328 g/mol. The second kappa shape index (κ2) is 8.66. The summed E-state index contributed by atoms with van der Waals surface area (Å²) >= 11 is 0. The van der Waals surface area contributed by atoms with Gasteiger partial charge in [-0.2, -0.15) is 0 Å². The molecule has 1 fully saturated rings. The molecule has 1 heterocycles. The predicted octanol–water partition coefficient (Wildman–Crippen LogP) is 2.13. The third-order valence-electron chi connectivity index (χ3n) is 3.48. The number of ether oxygens (including phenoxy) is 3. The maximum Gasteiger partial charge on any atom is 0.323 e. The van der Waals surface area contributed by atoms with Crippen LogP contribution in [0.4, 0.5) is 0 Å². The van der Waals surface area contributed by atoms with Gasteiger partial charge in [-0.3, -0.25) is 4.79 Å². The first-order chi connectivity index (χ1) is 10.2. The number of allylic oxidation sites excluding steroid dienone is 1. The maximum atomic E-state index is 11.5. The van der Waals surface area contributed by atoms with Gasteiger partial charge < -0.3 is 19.5 Å². The first-order valence-corrected chi connectivity index (χ1v) is 6.93. The van der Waals surface area contributed by atoms with Crippen molar-refractivity contribution in [2.24, 2.45) is 0 Å². The fraction of sp³-hybridized carbons (Fsp3) is 0.438. The molecule has 6 heteroatoms. The fourth-order valence-corrected chi connectivity index (χ4v) is 2.40. The molecule has 0 radical (unpaired) electrons. The topological polar surface area (TPSA) is 56.8 Å². The van der Waals surface area contributed by atoms with Crippen LogP contribution in [0.1, 0.15) is 12.0 Å². The van der Waals surface area contributed by atoms with Crippen molar-refractivity contribution in [1.29, 1.82) is 0 Å². The molecule has 22 heavy (non-hydrogen) atoms. The van der Waals surface area contributed by atoms with Gasteiger partial charge in [0.05, 0.1) is 14.2 Å². The highest BCUT2D eigenvalue weighted by Gasteiger charge is 2.31. The normalized spacial score (nSPS) is 19.9. The zero-order chi connectivity index (χ0) is 15.2. The Morgan fingerprint density at radius 2 is 2.18 bits per heavy atom. The van der Waals surface area contributed by atoms with Crippen LogP contribution in [0, 0.1) is 0 Å². The summed E-state index contributed by atoms with van der Waals surface area (Å²) in [5.74, 6) is 1.12. The largest absolute Gasteiger partial charge is 0.493 e. The lowest BCUT2D eigenvalue weighted by atomic mass is 10.1. The number of carbonyl (C=O) groups is 1. The molecule has 0 saturated carbocycles. The van der Waals surface area contributed by atoms with E-state index in [1.165, 1.54) is 7.11 Å². The minimum Gasteiger partial charge on any atom is -0.493 e. The molecular weight excluding hydrogens is 306 g/mol. The first-order valence-electron chi connectivity index (χ1n) is 6.93. The van der Waals surface area contributed by atoms with Crippen LogP contribution in [0.2, 0.25) is 0 Å². The van der Waals surface area contributed by atoms with Gasteiger partial charge in [-0.1, -0.05) is 12.1 Å². The van der Waals surface area contributed by atoms with Gasteiger partial charge in [-0.15, -0.1) is 19.0 Å². The summed E-state index contributed by atoms with van der Waals surface area (Å²) in [6.45, 7) is 4.33. The number of hydrogen-bond donors (Lipinski definition) is 1. The Hall–Kier alpha value is -1.72. The number of halogens is 1. The molecule has 2 unspecified atom stereocenters. The third kappa shape index (κ3) is 4.39. The fourth-order valence-electron chi connectivity index (χ4n) is 2.40. The number of hydrogen-bond acceptors (Lipinski definition) is 5. The number of benzene rings is 1. The van der Waals surface area contributed by atoms with E-state index in [2.05, 4.69) is 11.9 Å². The van der Waals surface area contributed by atoms with Crippen molar-refractivity contribution in [3.63, 3.8) is 0 Å². The van der Waals surface area contributed by atoms with Gasteiger partial charge in [0.2, 0.25) is 0 Å². The average Bonchev–Trinajstić information content (AvgIpc) is 2.96. The SMILES string of the molecule is C=CCc1ccc(OC2CNC(C(=O)OC)C2)c(OC)c1.Cl. The molecule has 0 amide bonds. The van der Waals surface area contributed by atoms with Crippen molar-refractivity contribution in [3.8, 4) is 11.5 Å². The van der Waals surface area contributed by atoms with Crippen LogP contribution in [-0.4, -0.2) is 38.9 Å². The highest BCUT2D eigenvalue weighted by Crippen LogP contribution is 2.30. The van der Waals surface area contributed by atoms with E-state index in [9.17, 15) is 4.79 Å². The van der Waals surface area contributed by atoms with Gasteiger partial charge in [-0.25, -0.2) is 0 Å². The molecule has 1 saturated heterocycles. The van der Waals surface area contributed by atoms with Crippen LogP contribution >= 0.6 is 12.4 Å². The molecule has 1 aromatic rings. The summed E-state index contributed by atoms with van der Waals surface area (Å²) in [6.07, 6.45) is 3.14. The molecule has 0 spiro atoms. The molecule has 122 valence electrons. The van der Waals surface area contributed by atoms with E-state index < -0.39 is 0 Å². The number of rotatable bonds is 6. The lowest BCUT2D eigenvalue weighted by Crippen LogP contribution is -2.31. The smallest absolute Gasteiger partial charge is 0.323 e. The second-order valence-corrected chi connectivity index (χ2v) is 4.94. The van der Waals surface area contributed by atoms with E-state index in [1.54, 1.807) is 7.11 Å². The van der Waals surface area contributed by atoms with E-state index in [0.717, 1.165) is 12.0 Å². The van der Waals surface area contributed by atoms with E-state index >= 15 is 0 Å². The molecule has 2 rings (SSSR count). The Morgan fingerprint density at radius 3 is 2.82 bits per heavy atom. The second-order valence-electron chi connectivity index (χ2n) is 4.94. The first kappa shape index (κ1) is 18.3. The number of carbonyl (C=O) groups excluding carboxylic acids is 1. The highest BCUT2D eigenvalue weighted by atomic mass is 35.5. The lowest BCUT2D eigenvalue weighted by molar-refractivity contribution is -0.142. The molecule has 0 aromatic heterocycles. The van der Waals surface area contributed by atoms with Crippen LogP contribution in [-0.2, 0) is 16.0 Å². The van der Waals surface area contributed by atoms with E-state index in [0.29, 0.717) is 24.5 Å². The predicted molar refractivity (Wildman–Crippen MR) is 87.0 cm³/mol. The Balaban J connectivity index is 0.00000242. The maximum absolute atomic E-state index is 11.5. The third-order valence-corrected chi connectivity index (χ3v) is 3.48. The Kier molecular flexibility index (Phi) is 7.21. The van der Waals surface area contributed by atoms with E-state index in [-0.39, 0.29) is 30.5 Å². The molecule has 5 nitrogen and oxygen atoms in total. The molecule has 0 aliphatic carbocycles. The summed E-state index contributed by atoms with van der Waals surface area (Å²) in [6, 6.07) is 5.52. The van der Waals surface area contributed by atoms with Crippen LogP contribution in [0.15, 0.2) is 30.9 Å². The van der Waals surface area contributed by atoms with Gasteiger partial charge in [0.15, 0.2) is 11.5 Å². The van der Waals surface area contributed by atoms with Gasteiger partial charge in [0, 0.05) is 13.0 Å². The number of esters is 1. The highest BCUT2D eigenvalue weighted by molar-refractivity contribution is 5.85. The summed E-state index contributed by atoms with van der Waals surface area (Å²) in [5.41, 5.74) is 1.12. The molecule has 0 bridgehead atoms. The van der Waals surface area contributed by atoms with Crippen molar-refractivity contribution < 1.29 is 19.0 Å². The molecule has 1 aliphatic heterocycles. The Bertz CT molecular complexity index is 521.